The molecule has 0 fully saturated rings. The van der Waals surface area contributed by atoms with Gasteiger partial charge < -0.3 is 5.32 Å². The van der Waals surface area contributed by atoms with Crippen LogP contribution in [0.2, 0.25) is 0 Å². The Kier molecular flexibility index (Phi) is 4.40. The molecule has 0 spiro atoms. The van der Waals surface area contributed by atoms with Crippen LogP contribution in [0.4, 0.5) is 13.2 Å². The Hall–Kier alpha value is -2.30. The van der Waals surface area contributed by atoms with Crippen LogP contribution in [0.3, 0.4) is 0 Å². The van der Waals surface area contributed by atoms with Gasteiger partial charge in [-0.05, 0) is 11.6 Å². The predicted molar refractivity (Wildman–Crippen MR) is 68.3 cm³/mol. The minimum absolute atomic E-state index is 0.0923. The van der Waals surface area contributed by atoms with Crippen molar-refractivity contribution < 1.29 is 18.0 Å². The zero-order chi connectivity index (χ0) is 14.5. The summed E-state index contributed by atoms with van der Waals surface area (Å²) in [6.45, 7) is -0.186. The average Bonchev–Trinajstić information content (AvgIpc) is 2.45. The maximum Gasteiger partial charge on any atom is 0.224 e. The van der Waals surface area contributed by atoms with Gasteiger partial charge in [-0.15, -0.1) is 0 Å². The molecule has 1 amide bonds. The lowest BCUT2D eigenvalue weighted by molar-refractivity contribution is -0.120. The van der Waals surface area contributed by atoms with E-state index < -0.39 is 17.5 Å². The van der Waals surface area contributed by atoms with Gasteiger partial charge in [-0.3, -0.25) is 4.79 Å². The first kappa shape index (κ1) is 14.1. The van der Waals surface area contributed by atoms with Crippen LogP contribution < -0.4 is 5.32 Å². The van der Waals surface area contributed by atoms with Gasteiger partial charge in [0, 0.05) is 12.1 Å². The van der Waals surface area contributed by atoms with Crippen molar-refractivity contribution in [2.45, 2.75) is 13.0 Å². The quantitative estimate of drug-likeness (QED) is 0.857. The monoisotopic (exact) mass is 279 g/mol. The van der Waals surface area contributed by atoms with E-state index in [0.717, 1.165) is 17.7 Å². The van der Waals surface area contributed by atoms with Gasteiger partial charge >= 0.3 is 0 Å². The number of rotatable bonds is 4. The standard InChI is InChI=1S/C15H12F3NO/c16-12-7-6-11(14(17)15(12)18)9-19-13(20)8-10-4-2-1-3-5-10/h1-7H,8-9H2,(H,19,20). The smallest absolute Gasteiger partial charge is 0.224 e. The second kappa shape index (κ2) is 6.23. The highest BCUT2D eigenvalue weighted by molar-refractivity contribution is 5.78. The highest BCUT2D eigenvalue weighted by Crippen LogP contribution is 2.14. The summed E-state index contributed by atoms with van der Waals surface area (Å²) in [5.41, 5.74) is 0.723. The van der Waals surface area contributed by atoms with Gasteiger partial charge in [-0.2, -0.15) is 0 Å². The maximum atomic E-state index is 13.4. The van der Waals surface area contributed by atoms with E-state index in [0.29, 0.717) is 0 Å². The van der Waals surface area contributed by atoms with E-state index in [9.17, 15) is 18.0 Å². The lowest BCUT2D eigenvalue weighted by Crippen LogP contribution is -2.25. The third-order valence-electron chi connectivity index (χ3n) is 2.80. The Morgan fingerprint density at radius 1 is 0.950 bits per heavy atom. The van der Waals surface area contributed by atoms with Crippen LogP contribution in [0.15, 0.2) is 42.5 Å². The zero-order valence-electron chi connectivity index (χ0n) is 10.5. The van der Waals surface area contributed by atoms with E-state index in [4.69, 9.17) is 0 Å². The van der Waals surface area contributed by atoms with E-state index in [-0.39, 0.29) is 24.4 Å². The third-order valence-corrected chi connectivity index (χ3v) is 2.80. The molecule has 104 valence electrons. The molecule has 20 heavy (non-hydrogen) atoms. The predicted octanol–water partition coefficient (Wildman–Crippen LogP) is 2.96. The summed E-state index contributed by atoms with van der Waals surface area (Å²) in [7, 11) is 0. The van der Waals surface area contributed by atoms with Gasteiger partial charge in [-0.1, -0.05) is 36.4 Å². The molecule has 2 aromatic rings. The SMILES string of the molecule is O=C(Cc1ccccc1)NCc1ccc(F)c(F)c1F. The summed E-state index contributed by atoms with van der Waals surface area (Å²) in [6.07, 6.45) is 0.145. The van der Waals surface area contributed by atoms with Crippen LogP contribution in [-0.4, -0.2) is 5.91 Å². The van der Waals surface area contributed by atoms with E-state index in [1.54, 1.807) is 24.3 Å². The second-order valence-corrected chi connectivity index (χ2v) is 4.27. The fourth-order valence-corrected chi connectivity index (χ4v) is 1.74. The van der Waals surface area contributed by atoms with Gasteiger partial charge in [0.15, 0.2) is 17.5 Å². The lowest BCUT2D eigenvalue weighted by Gasteiger charge is -2.07. The summed E-state index contributed by atoms with van der Waals surface area (Å²) in [6, 6.07) is 11.0. The van der Waals surface area contributed by atoms with Gasteiger partial charge in [0.05, 0.1) is 6.42 Å². The van der Waals surface area contributed by atoms with Crippen LogP contribution in [0.1, 0.15) is 11.1 Å². The lowest BCUT2D eigenvalue weighted by atomic mass is 10.1. The number of halogens is 3. The van der Waals surface area contributed by atoms with Crippen molar-refractivity contribution in [3.05, 3.63) is 71.0 Å². The largest absolute Gasteiger partial charge is 0.352 e. The summed E-state index contributed by atoms with van der Waals surface area (Å²) in [5, 5.41) is 2.47. The normalized spacial score (nSPS) is 10.3. The van der Waals surface area contributed by atoms with Crippen molar-refractivity contribution in [3.63, 3.8) is 0 Å². The summed E-state index contributed by atoms with van der Waals surface area (Å²) in [4.78, 5) is 11.6. The molecule has 5 heteroatoms. The average molecular weight is 279 g/mol. The van der Waals surface area contributed by atoms with Crippen LogP contribution >= 0.6 is 0 Å². The topological polar surface area (TPSA) is 29.1 Å². The summed E-state index contributed by atoms with van der Waals surface area (Å²) in [5.74, 6) is -4.37. The highest BCUT2D eigenvalue weighted by Gasteiger charge is 2.13. The molecule has 0 saturated heterocycles. The van der Waals surface area contributed by atoms with Crippen LogP contribution in [-0.2, 0) is 17.8 Å². The molecule has 0 aliphatic rings. The van der Waals surface area contributed by atoms with Crippen LogP contribution in [0, 0.1) is 17.5 Å². The Morgan fingerprint density at radius 2 is 1.65 bits per heavy atom. The number of carbonyl (C=O) groups is 1. The Morgan fingerprint density at radius 3 is 2.35 bits per heavy atom. The van der Waals surface area contributed by atoms with Crippen molar-refractivity contribution in [2.24, 2.45) is 0 Å². The minimum Gasteiger partial charge on any atom is -0.352 e. The summed E-state index contributed by atoms with van der Waals surface area (Å²) >= 11 is 0. The molecule has 0 radical (unpaired) electrons. The minimum atomic E-state index is -1.53. The van der Waals surface area contributed by atoms with E-state index in [2.05, 4.69) is 5.32 Å². The second-order valence-electron chi connectivity index (χ2n) is 4.27. The molecular weight excluding hydrogens is 267 g/mol. The van der Waals surface area contributed by atoms with Gasteiger partial charge in [-0.25, -0.2) is 13.2 Å². The third kappa shape index (κ3) is 3.38. The number of nitrogens with one attached hydrogen (secondary N) is 1. The molecule has 1 N–H and O–H groups in total. The molecule has 2 aromatic carbocycles. The number of benzene rings is 2. The molecule has 0 atom stereocenters. The van der Waals surface area contributed by atoms with Crippen molar-refractivity contribution in [3.8, 4) is 0 Å². The maximum absolute atomic E-state index is 13.4. The molecule has 0 aliphatic heterocycles. The first-order valence-corrected chi connectivity index (χ1v) is 6.01. The first-order valence-electron chi connectivity index (χ1n) is 6.01. The van der Waals surface area contributed by atoms with Crippen molar-refractivity contribution in [2.75, 3.05) is 0 Å². The molecule has 0 heterocycles. The molecule has 2 nitrogen and oxygen atoms in total. The molecule has 2 rings (SSSR count). The molecule has 0 aliphatic carbocycles. The zero-order valence-corrected chi connectivity index (χ0v) is 10.5. The van der Waals surface area contributed by atoms with Crippen LogP contribution in [0.5, 0.6) is 0 Å². The van der Waals surface area contributed by atoms with Crippen molar-refractivity contribution in [1.29, 1.82) is 0 Å². The Labute approximate surface area is 114 Å². The molecular formula is C15H12F3NO. The number of hydrogen-bond donors (Lipinski definition) is 1. The number of carbonyl (C=O) groups excluding carboxylic acids is 1. The summed E-state index contributed by atoms with van der Waals surface area (Å²) < 4.78 is 39.1. The van der Waals surface area contributed by atoms with Gasteiger partial charge in [0.25, 0.3) is 0 Å². The Bertz CT molecular complexity index is 614. The van der Waals surface area contributed by atoms with E-state index in [1.807, 2.05) is 6.07 Å². The fourth-order valence-electron chi connectivity index (χ4n) is 1.74. The Balaban J connectivity index is 1.96. The van der Waals surface area contributed by atoms with E-state index >= 15 is 0 Å². The molecule has 0 bridgehead atoms. The first-order chi connectivity index (χ1) is 9.58. The van der Waals surface area contributed by atoms with E-state index in [1.165, 1.54) is 0 Å². The highest BCUT2D eigenvalue weighted by atomic mass is 19.2. The number of hydrogen-bond acceptors (Lipinski definition) is 1. The van der Waals surface area contributed by atoms with Gasteiger partial charge in [0.1, 0.15) is 0 Å². The van der Waals surface area contributed by atoms with Crippen molar-refractivity contribution in [1.82, 2.24) is 5.32 Å². The molecule has 0 saturated carbocycles. The number of amides is 1. The van der Waals surface area contributed by atoms with Crippen molar-refractivity contribution >= 4 is 5.91 Å². The van der Waals surface area contributed by atoms with Gasteiger partial charge in [0.2, 0.25) is 5.91 Å². The molecule has 0 unspecified atom stereocenters. The fraction of sp³-hybridized carbons (Fsp3) is 0.133. The molecule has 0 aromatic heterocycles. The van der Waals surface area contributed by atoms with Crippen LogP contribution in [0.25, 0.3) is 0 Å².